The van der Waals surface area contributed by atoms with Crippen molar-refractivity contribution in [2.75, 3.05) is 0 Å². The molecule has 0 saturated heterocycles. The second kappa shape index (κ2) is 6.75. The van der Waals surface area contributed by atoms with Gasteiger partial charge < -0.3 is 10.2 Å². The summed E-state index contributed by atoms with van der Waals surface area (Å²) in [4.78, 5) is 10.3. The molecule has 0 atom stereocenters. The molecule has 0 radical (unpaired) electrons. The van der Waals surface area contributed by atoms with Gasteiger partial charge >= 0.3 is 0 Å². The van der Waals surface area contributed by atoms with E-state index >= 15 is 0 Å². The molecule has 0 unspecified atom stereocenters. The predicted molar refractivity (Wildman–Crippen MR) is 157 cm³/mol. The van der Waals surface area contributed by atoms with Crippen molar-refractivity contribution in [3.63, 3.8) is 0 Å². The van der Waals surface area contributed by atoms with E-state index in [1.807, 2.05) is 84.9 Å². The lowest BCUT2D eigenvalue weighted by Crippen LogP contribution is -1.96. The second-order valence-electron chi connectivity index (χ2n) is 9.99. The molecular formula is C34H18N2O2. The van der Waals surface area contributed by atoms with Crippen molar-refractivity contribution < 1.29 is 10.2 Å². The average molecular weight is 487 g/mol. The molecule has 0 aliphatic heterocycles. The van der Waals surface area contributed by atoms with Gasteiger partial charge in [-0.15, -0.1) is 0 Å². The van der Waals surface area contributed by atoms with Crippen molar-refractivity contribution in [2.45, 2.75) is 0 Å². The highest BCUT2D eigenvalue weighted by molar-refractivity contribution is 6.44. The standard InChI is InChI=1S/C34H18N2O2/c37-33-19-11-3-1-9-17(19)25-21-13-5-7-15-23(21)35-31-27(25)29(33)32-28-26(22-14-6-8-16-24(22)36-32)18-10-2-4-12-20(18)34(38)30(28)31/h1-16,37-38H. The van der Waals surface area contributed by atoms with Crippen molar-refractivity contribution in [3.05, 3.63) is 97.1 Å². The Bertz CT molecular complexity index is 2300. The van der Waals surface area contributed by atoms with E-state index in [1.54, 1.807) is 0 Å². The van der Waals surface area contributed by atoms with E-state index in [9.17, 15) is 10.2 Å². The lowest BCUT2D eigenvalue weighted by molar-refractivity contribution is 0.487. The van der Waals surface area contributed by atoms with Crippen LogP contribution in [0.25, 0.3) is 86.7 Å². The van der Waals surface area contributed by atoms with Gasteiger partial charge in [0.2, 0.25) is 0 Å². The van der Waals surface area contributed by atoms with Crippen LogP contribution in [-0.4, -0.2) is 20.2 Å². The first-order chi connectivity index (χ1) is 18.7. The molecule has 0 spiro atoms. The molecule has 0 amide bonds. The number of aromatic hydroxyl groups is 2. The van der Waals surface area contributed by atoms with Gasteiger partial charge in [0.1, 0.15) is 11.5 Å². The van der Waals surface area contributed by atoms with Gasteiger partial charge in [0, 0.05) is 43.1 Å². The number of hydrogen-bond acceptors (Lipinski definition) is 4. The normalized spacial score (nSPS) is 12.4. The van der Waals surface area contributed by atoms with Crippen LogP contribution < -0.4 is 0 Å². The first-order valence-corrected chi connectivity index (χ1v) is 12.7. The van der Waals surface area contributed by atoms with E-state index in [-0.39, 0.29) is 11.5 Å². The third-order valence-electron chi connectivity index (χ3n) is 8.14. The number of benzene rings is 7. The van der Waals surface area contributed by atoms with E-state index in [0.29, 0.717) is 21.8 Å². The summed E-state index contributed by atoms with van der Waals surface area (Å²) in [6, 6.07) is 32.1. The summed E-state index contributed by atoms with van der Waals surface area (Å²) >= 11 is 0. The summed E-state index contributed by atoms with van der Waals surface area (Å²) < 4.78 is 0. The number of rotatable bonds is 0. The molecule has 2 heterocycles. The lowest BCUT2D eigenvalue weighted by Gasteiger charge is -2.20. The number of pyridine rings is 2. The van der Waals surface area contributed by atoms with Gasteiger partial charge in [0.25, 0.3) is 0 Å². The zero-order valence-electron chi connectivity index (χ0n) is 20.0. The fourth-order valence-corrected chi connectivity index (χ4v) is 6.61. The predicted octanol–water partition coefficient (Wildman–Crippen LogP) is 8.55. The quantitative estimate of drug-likeness (QED) is 0.166. The van der Waals surface area contributed by atoms with Crippen LogP contribution in [0.4, 0.5) is 0 Å². The van der Waals surface area contributed by atoms with Gasteiger partial charge in [-0.1, -0.05) is 84.9 Å². The minimum Gasteiger partial charge on any atom is -0.507 e. The van der Waals surface area contributed by atoms with Crippen LogP contribution in [0.1, 0.15) is 0 Å². The first kappa shape index (κ1) is 19.9. The number of phenolic OH excluding ortho intramolecular Hbond substituents is 2. The summed E-state index contributed by atoms with van der Waals surface area (Å²) in [5, 5.41) is 34.2. The molecule has 0 bridgehead atoms. The average Bonchev–Trinajstić information content (AvgIpc) is 2.97. The van der Waals surface area contributed by atoms with Gasteiger partial charge in [0.05, 0.1) is 32.8 Å². The minimum absolute atomic E-state index is 0.189. The number of fused-ring (bicyclic) bond motifs is 10. The molecule has 4 heteroatoms. The largest absolute Gasteiger partial charge is 0.507 e. The zero-order chi connectivity index (χ0) is 25.1. The van der Waals surface area contributed by atoms with E-state index in [4.69, 9.17) is 9.97 Å². The summed E-state index contributed by atoms with van der Waals surface area (Å²) in [6.07, 6.45) is 0. The van der Waals surface area contributed by atoms with Crippen LogP contribution in [-0.2, 0) is 0 Å². The Labute approximate surface area is 215 Å². The number of hydrogen-bond donors (Lipinski definition) is 2. The van der Waals surface area contributed by atoms with E-state index < -0.39 is 0 Å². The van der Waals surface area contributed by atoms with Crippen LogP contribution in [0.2, 0.25) is 0 Å². The fourth-order valence-electron chi connectivity index (χ4n) is 6.61. The Morgan fingerprint density at radius 1 is 0.342 bits per heavy atom. The fraction of sp³-hybridized carbons (Fsp3) is 0. The Kier molecular flexibility index (Phi) is 3.54. The summed E-state index contributed by atoms with van der Waals surface area (Å²) in [7, 11) is 0. The third-order valence-corrected chi connectivity index (χ3v) is 8.14. The third kappa shape index (κ3) is 2.22. The van der Waals surface area contributed by atoms with Gasteiger partial charge in [-0.2, -0.15) is 0 Å². The smallest absolute Gasteiger partial charge is 0.133 e. The molecule has 38 heavy (non-hydrogen) atoms. The number of phenols is 2. The highest BCUT2D eigenvalue weighted by Crippen LogP contribution is 2.52. The van der Waals surface area contributed by atoms with E-state index in [0.717, 1.165) is 64.9 Å². The molecule has 4 nitrogen and oxygen atoms in total. The van der Waals surface area contributed by atoms with Gasteiger partial charge in [-0.25, -0.2) is 9.97 Å². The Hall–Kier alpha value is -5.22. The maximum Gasteiger partial charge on any atom is 0.133 e. The van der Waals surface area contributed by atoms with E-state index in [2.05, 4.69) is 12.1 Å². The Balaban J connectivity index is 1.79. The molecule has 0 aliphatic carbocycles. The molecular weight excluding hydrogens is 468 g/mol. The van der Waals surface area contributed by atoms with Gasteiger partial charge in [-0.05, 0) is 22.9 Å². The van der Waals surface area contributed by atoms with Crippen LogP contribution >= 0.6 is 0 Å². The SMILES string of the molecule is Oc1c2ccccc2c2c3ccccc3nc3c4c(O)c5ccccc5c5c6ccccc6nc(c1c32)c45. The first-order valence-electron chi connectivity index (χ1n) is 12.7. The second-order valence-corrected chi connectivity index (χ2v) is 9.99. The van der Waals surface area contributed by atoms with Crippen molar-refractivity contribution in [3.8, 4) is 11.5 Å². The molecule has 0 saturated carbocycles. The van der Waals surface area contributed by atoms with E-state index in [1.165, 1.54) is 0 Å². The number of aromatic nitrogens is 2. The molecule has 7 aromatic carbocycles. The highest BCUT2D eigenvalue weighted by atomic mass is 16.3. The van der Waals surface area contributed by atoms with Crippen molar-refractivity contribution in [1.29, 1.82) is 0 Å². The van der Waals surface area contributed by atoms with Gasteiger partial charge in [-0.3, -0.25) is 0 Å². The van der Waals surface area contributed by atoms with Crippen LogP contribution in [0, 0.1) is 0 Å². The Morgan fingerprint density at radius 3 is 1.11 bits per heavy atom. The minimum atomic E-state index is 0.189. The monoisotopic (exact) mass is 486 g/mol. The number of para-hydroxylation sites is 2. The van der Waals surface area contributed by atoms with Crippen molar-refractivity contribution >= 4 is 86.7 Å². The highest BCUT2D eigenvalue weighted by Gasteiger charge is 2.26. The topological polar surface area (TPSA) is 66.2 Å². The maximum atomic E-state index is 11.9. The zero-order valence-corrected chi connectivity index (χ0v) is 20.0. The van der Waals surface area contributed by atoms with Crippen LogP contribution in [0.3, 0.4) is 0 Å². The molecule has 0 aliphatic rings. The van der Waals surface area contributed by atoms with Crippen LogP contribution in [0.15, 0.2) is 97.1 Å². The lowest BCUT2D eigenvalue weighted by atomic mass is 9.86. The molecule has 0 fully saturated rings. The molecule has 9 aromatic rings. The molecule has 2 N–H and O–H groups in total. The molecule has 176 valence electrons. The Morgan fingerprint density at radius 2 is 0.684 bits per heavy atom. The summed E-state index contributed by atoms with van der Waals surface area (Å²) in [6.45, 7) is 0. The van der Waals surface area contributed by atoms with Gasteiger partial charge in [0.15, 0.2) is 0 Å². The van der Waals surface area contributed by atoms with Crippen LogP contribution in [0.5, 0.6) is 11.5 Å². The van der Waals surface area contributed by atoms with Crippen molar-refractivity contribution in [1.82, 2.24) is 9.97 Å². The molecule has 9 rings (SSSR count). The number of nitrogens with zero attached hydrogens (tertiary/aromatic N) is 2. The molecule has 2 aromatic heterocycles. The summed E-state index contributed by atoms with van der Waals surface area (Å²) in [5.41, 5.74) is 3.03. The maximum absolute atomic E-state index is 11.9. The summed E-state index contributed by atoms with van der Waals surface area (Å²) in [5.74, 6) is 0.377. The van der Waals surface area contributed by atoms with Crippen molar-refractivity contribution in [2.24, 2.45) is 0 Å².